The number of carbonyl (C=O) groups is 1. The number of imidazole rings is 1. The van der Waals surface area contributed by atoms with Crippen molar-refractivity contribution < 1.29 is 9.18 Å². The second-order valence-corrected chi connectivity index (χ2v) is 5.24. The SMILES string of the molecule is CC(NC(=O)c1ccccc1F)c1ccc(-n2ccnc2)cc1. The summed E-state index contributed by atoms with van der Waals surface area (Å²) in [5, 5.41) is 2.81. The molecule has 1 amide bonds. The fourth-order valence-electron chi connectivity index (χ4n) is 2.35. The van der Waals surface area contributed by atoms with Crippen LogP contribution in [0.1, 0.15) is 28.9 Å². The van der Waals surface area contributed by atoms with Crippen LogP contribution in [0, 0.1) is 5.82 Å². The van der Waals surface area contributed by atoms with E-state index >= 15 is 0 Å². The summed E-state index contributed by atoms with van der Waals surface area (Å²) < 4.78 is 15.5. The van der Waals surface area contributed by atoms with Gasteiger partial charge in [0.25, 0.3) is 5.91 Å². The monoisotopic (exact) mass is 309 g/mol. The minimum Gasteiger partial charge on any atom is -0.345 e. The van der Waals surface area contributed by atoms with E-state index in [1.54, 1.807) is 24.7 Å². The Hall–Kier alpha value is -2.95. The van der Waals surface area contributed by atoms with E-state index in [0.29, 0.717) is 0 Å². The first-order valence-corrected chi connectivity index (χ1v) is 7.29. The summed E-state index contributed by atoms with van der Waals surface area (Å²) in [6.45, 7) is 1.87. The zero-order valence-corrected chi connectivity index (χ0v) is 12.6. The lowest BCUT2D eigenvalue weighted by atomic mass is 10.1. The highest BCUT2D eigenvalue weighted by atomic mass is 19.1. The molecule has 1 aromatic heterocycles. The first-order valence-electron chi connectivity index (χ1n) is 7.29. The lowest BCUT2D eigenvalue weighted by Crippen LogP contribution is -2.27. The molecule has 0 bridgehead atoms. The maximum Gasteiger partial charge on any atom is 0.254 e. The van der Waals surface area contributed by atoms with E-state index in [4.69, 9.17) is 0 Å². The number of nitrogens with one attached hydrogen (secondary N) is 1. The van der Waals surface area contributed by atoms with Gasteiger partial charge in [0.2, 0.25) is 0 Å². The van der Waals surface area contributed by atoms with Crippen LogP contribution in [-0.4, -0.2) is 15.5 Å². The van der Waals surface area contributed by atoms with Gasteiger partial charge in [-0.15, -0.1) is 0 Å². The summed E-state index contributed by atoms with van der Waals surface area (Å²) >= 11 is 0. The molecule has 0 saturated carbocycles. The first kappa shape index (κ1) is 15.0. The molecule has 5 heteroatoms. The molecule has 116 valence electrons. The van der Waals surface area contributed by atoms with Crippen molar-refractivity contribution >= 4 is 5.91 Å². The Morgan fingerprint density at radius 2 is 1.91 bits per heavy atom. The summed E-state index contributed by atoms with van der Waals surface area (Å²) in [4.78, 5) is 16.1. The van der Waals surface area contributed by atoms with Crippen molar-refractivity contribution in [2.45, 2.75) is 13.0 Å². The zero-order chi connectivity index (χ0) is 16.2. The average Bonchev–Trinajstić information content (AvgIpc) is 3.09. The summed E-state index contributed by atoms with van der Waals surface area (Å²) in [6.07, 6.45) is 5.29. The smallest absolute Gasteiger partial charge is 0.254 e. The van der Waals surface area contributed by atoms with Gasteiger partial charge in [-0.25, -0.2) is 9.37 Å². The highest BCUT2D eigenvalue weighted by Gasteiger charge is 2.14. The zero-order valence-electron chi connectivity index (χ0n) is 12.6. The third-order valence-corrected chi connectivity index (χ3v) is 3.66. The van der Waals surface area contributed by atoms with E-state index < -0.39 is 11.7 Å². The van der Waals surface area contributed by atoms with Crippen LogP contribution in [0.3, 0.4) is 0 Å². The topological polar surface area (TPSA) is 46.9 Å². The highest BCUT2D eigenvalue weighted by Crippen LogP contribution is 2.17. The molecular weight excluding hydrogens is 293 g/mol. The van der Waals surface area contributed by atoms with E-state index in [0.717, 1.165) is 11.3 Å². The van der Waals surface area contributed by atoms with Gasteiger partial charge < -0.3 is 9.88 Å². The Labute approximate surface area is 133 Å². The predicted molar refractivity (Wildman–Crippen MR) is 85.8 cm³/mol. The van der Waals surface area contributed by atoms with Gasteiger partial charge in [0, 0.05) is 18.1 Å². The van der Waals surface area contributed by atoms with Crippen LogP contribution in [0.5, 0.6) is 0 Å². The molecule has 0 spiro atoms. The molecule has 0 fully saturated rings. The number of nitrogens with zero attached hydrogens (tertiary/aromatic N) is 2. The van der Waals surface area contributed by atoms with Gasteiger partial charge in [0.1, 0.15) is 5.82 Å². The number of amides is 1. The Kier molecular flexibility index (Phi) is 4.19. The molecule has 0 aliphatic heterocycles. The average molecular weight is 309 g/mol. The van der Waals surface area contributed by atoms with Crippen molar-refractivity contribution in [3.05, 3.63) is 84.2 Å². The Morgan fingerprint density at radius 3 is 2.57 bits per heavy atom. The van der Waals surface area contributed by atoms with Crippen molar-refractivity contribution in [3.63, 3.8) is 0 Å². The Morgan fingerprint density at radius 1 is 1.17 bits per heavy atom. The lowest BCUT2D eigenvalue weighted by molar-refractivity contribution is 0.0936. The number of aromatic nitrogens is 2. The molecule has 0 aliphatic rings. The third kappa shape index (κ3) is 3.29. The van der Waals surface area contributed by atoms with Gasteiger partial charge in [-0.2, -0.15) is 0 Å². The Balaban J connectivity index is 1.72. The number of benzene rings is 2. The molecule has 0 saturated heterocycles. The number of hydrogen-bond donors (Lipinski definition) is 1. The van der Waals surface area contributed by atoms with Crippen molar-refractivity contribution in [3.8, 4) is 5.69 Å². The molecule has 2 aromatic carbocycles. The minimum absolute atomic E-state index is 0.0504. The molecular formula is C18H16FN3O. The van der Waals surface area contributed by atoms with Crippen LogP contribution in [0.2, 0.25) is 0 Å². The fourth-order valence-corrected chi connectivity index (χ4v) is 2.35. The van der Waals surface area contributed by atoms with E-state index in [1.165, 1.54) is 12.1 Å². The molecule has 0 radical (unpaired) electrons. The van der Waals surface area contributed by atoms with Crippen LogP contribution in [0.4, 0.5) is 4.39 Å². The van der Waals surface area contributed by atoms with Gasteiger partial charge in [0.05, 0.1) is 17.9 Å². The summed E-state index contributed by atoms with van der Waals surface area (Å²) in [6, 6.07) is 13.5. The number of halogens is 1. The maximum atomic E-state index is 13.6. The largest absolute Gasteiger partial charge is 0.345 e. The van der Waals surface area contributed by atoms with Gasteiger partial charge in [0.15, 0.2) is 0 Å². The molecule has 1 unspecified atom stereocenters. The van der Waals surface area contributed by atoms with Gasteiger partial charge in [-0.3, -0.25) is 4.79 Å². The molecule has 3 rings (SSSR count). The summed E-state index contributed by atoms with van der Waals surface area (Å²) in [7, 11) is 0. The minimum atomic E-state index is -0.521. The van der Waals surface area contributed by atoms with Crippen LogP contribution in [0.15, 0.2) is 67.3 Å². The molecule has 3 aromatic rings. The van der Waals surface area contributed by atoms with E-state index in [9.17, 15) is 9.18 Å². The molecule has 1 atom stereocenters. The Bertz CT molecular complexity index is 797. The van der Waals surface area contributed by atoms with Gasteiger partial charge in [-0.05, 0) is 36.8 Å². The van der Waals surface area contributed by atoms with Crippen LogP contribution < -0.4 is 5.32 Å². The quantitative estimate of drug-likeness (QED) is 0.802. The predicted octanol–water partition coefficient (Wildman–Crippen LogP) is 3.50. The highest BCUT2D eigenvalue weighted by molar-refractivity contribution is 5.94. The lowest BCUT2D eigenvalue weighted by Gasteiger charge is -2.15. The third-order valence-electron chi connectivity index (χ3n) is 3.66. The molecule has 1 heterocycles. The van der Waals surface area contributed by atoms with E-state index in [2.05, 4.69) is 10.3 Å². The van der Waals surface area contributed by atoms with Crippen LogP contribution in [0.25, 0.3) is 5.69 Å². The summed E-state index contributed by atoms with van der Waals surface area (Å²) in [5.74, 6) is -0.943. The first-order chi connectivity index (χ1) is 11.1. The van der Waals surface area contributed by atoms with E-state index in [-0.39, 0.29) is 11.6 Å². The normalized spacial score (nSPS) is 11.9. The second kappa shape index (κ2) is 6.44. The molecule has 23 heavy (non-hydrogen) atoms. The van der Waals surface area contributed by atoms with Crippen LogP contribution >= 0.6 is 0 Å². The molecule has 0 aliphatic carbocycles. The second-order valence-electron chi connectivity index (χ2n) is 5.24. The van der Waals surface area contributed by atoms with Crippen molar-refractivity contribution in [2.24, 2.45) is 0 Å². The maximum absolute atomic E-state index is 13.6. The number of carbonyl (C=O) groups excluding carboxylic acids is 1. The van der Waals surface area contributed by atoms with Crippen LogP contribution in [-0.2, 0) is 0 Å². The molecule has 4 nitrogen and oxygen atoms in total. The van der Waals surface area contributed by atoms with Crippen molar-refractivity contribution in [2.75, 3.05) is 0 Å². The van der Waals surface area contributed by atoms with Crippen molar-refractivity contribution in [1.29, 1.82) is 0 Å². The molecule has 1 N–H and O–H groups in total. The van der Waals surface area contributed by atoms with E-state index in [1.807, 2.05) is 42.0 Å². The van der Waals surface area contributed by atoms with Crippen molar-refractivity contribution in [1.82, 2.24) is 14.9 Å². The number of hydrogen-bond acceptors (Lipinski definition) is 2. The van der Waals surface area contributed by atoms with Gasteiger partial charge >= 0.3 is 0 Å². The standard InChI is InChI=1S/C18H16FN3O/c1-13(21-18(23)16-4-2-3-5-17(16)19)14-6-8-15(9-7-14)22-11-10-20-12-22/h2-13H,1H3,(H,21,23). The fraction of sp³-hybridized carbons (Fsp3) is 0.111. The number of rotatable bonds is 4. The summed E-state index contributed by atoms with van der Waals surface area (Å²) in [5.41, 5.74) is 1.98. The van der Waals surface area contributed by atoms with Gasteiger partial charge in [-0.1, -0.05) is 24.3 Å².